The third kappa shape index (κ3) is 7.55. The highest BCUT2D eigenvalue weighted by molar-refractivity contribution is 7.11. The molecular formula is C27H37Cl2FN2OS. The van der Waals surface area contributed by atoms with Crippen molar-refractivity contribution in [1.82, 2.24) is 9.80 Å². The summed E-state index contributed by atoms with van der Waals surface area (Å²) in [5, 5.41) is 2.24. The summed E-state index contributed by atoms with van der Waals surface area (Å²) in [5.41, 5.74) is 5.25. The van der Waals surface area contributed by atoms with Crippen LogP contribution in [0.25, 0.3) is 5.57 Å². The third-order valence-corrected chi connectivity index (χ3v) is 7.82. The highest BCUT2D eigenvalue weighted by Gasteiger charge is 2.21. The van der Waals surface area contributed by atoms with Crippen LogP contribution >= 0.6 is 36.2 Å². The lowest BCUT2D eigenvalue weighted by molar-refractivity contribution is -0.132. The van der Waals surface area contributed by atoms with Gasteiger partial charge in [-0.15, -0.1) is 36.2 Å². The number of likely N-dealkylation sites (tertiary alicyclic amines) is 2. The van der Waals surface area contributed by atoms with Gasteiger partial charge in [0.05, 0.1) is 0 Å². The Kier molecular flexibility index (Phi) is 12.1. The molecule has 0 bridgehead atoms. The van der Waals surface area contributed by atoms with Crippen LogP contribution < -0.4 is 0 Å². The van der Waals surface area contributed by atoms with E-state index in [4.69, 9.17) is 0 Å². The van der Waals surface area contributed by atoms with Gasteiger partial charge in [-0.25, -0.2) is 4.39 Å². The molecule has 3 heterocycles. The monoisotopic (exact) mass is 526 g/mol. The quantitative estimate of drug-likeness (QED) is 0.388. The maximum atomic E-state index is 13.6. The number of aryl methyl sites for hydroxylation is 1. The van der Waals surface area contributed by atoms with Crippen molar-refractivity contribution in [2.75, 3.05) is 32.7 Å². The van der Waals surface area contributed by atoms with Crippen molar-refractivity contribution in [3.63, 3.8) is 0 Å². The Morgan fingerprint density at radius 1 is 1.00 bits per heavy atom. The summed E-state index contributed by atoms with van der Waals surface area (Å²) in [5.74, 6) is 0.151. The topological polar surface area (TPSA) is 23.6 Å². The molecule has 1 aromatic carbocycles. The van der Waals surface area contributed by atoms with Gasteiger partial charge in [-0.1, -0.05) is 24.6 Å². The SMILES string of the molecule is CCc1csc(C(=C2CCN(CCCC(=O)N3CCCCC3)CC2)c2ccc(F)cc2)c1.Cl.Cl. The van der Waals surface area contributed by atoms with Crippen molar-refractivity contribution < 1.29 is 9.18 Å². The van der Waals surface area contributed by atoms with Crippen molar-refractivity contribution in [3.05, 3.63) is 63.1 Å². The Bertz CT molecular complexity index is 928. The van der Waals surface area contributed by atoms with Crippen molar-refractivity contribution >= 4 is 47.6 Å². The molecule has 7 heteroatoms. The van der Waals surface area contributed by atoms with Gasteiger partial charge >= 0.3 is 0 Å². The van der Waals surface area contributed by atoms with Crippen LogP contribution in [0.3, 0.4) is 0 Å². The van der Waals surface area contributed by atoms with Crippen LogP contribution in [0.2, 0.25) is 0 Å². The molecule has 34 heavy (non-hydrogen) atoms. The number of carbonyl (C=O) groups is 1. The molecule has 1 amide bonds. The van der Waals surface area contributed by atoms with Crippen molar-refractivity contribution in [3.8, 4) is 0 Å². The first-order chi connectivity index (χ1) is 15.6. The number of piperidine rings is 2. The van der Waals surface area contributed by atoms with E-state index in [1.54, 1.807) is 23.5 Å². The summed E-state index contributed by atoms with van der Waals surface area (Å²) >= 11 is 1.80. The van der Waals surface area contributed by atoms with Gasteiger partial charge < -0.3 is 9.80 Å². The number of halogens is 3. The molecule has 4 rings (SSSR count). The average Bonchev–Trinajstić information content (AvgIpc) is 3.31. The third-order valence-electron chi connectivity index (χ3n) is 6.83. The Labute approximate surface area is 220 Å². The first-order valence-corrected chi connectivity index (χ1v) is 13.1. The largest absolute Gasteiger partial charge is 0.343 e. The molecule has 0 atom stereocenters. The van der Waals surface area contributed by atoms with Crippen LogP contribution in [-0.4, -0.2) is 48.4 Å². The number of rotatable bonds is 7. The lowest BCUT2D eigenvalue weighted by Gasteiger charge is -2.30. The second kappa shape index (κ2) is 14.2. The zero-order valence-corrected chi connectivity index (χ0v) is 22.5. The highest BCUT2D eigenvalue weighted by atomic mass is 35.5. The molecule has 0 N–H and O–H groups in total. The predicted molar refractivity (Wildman–Crippen MR) is 146 cm³/mol. The van der Waals surface area contributed by atoms with Gasteiger partial charge in [0.15, 0.2) is 0 Å². The van der Waals surface area contributed by atoms with Gasteiger partial charge in [-0.2, -0.15) is 0 Å². The summed E-state index contributed by atoms with van der Waals surface area (Å²) in [6, 6.07) is 9.27. The van der Waals surface area contributed by atoms with Gasteiger partial charge in [0.2, 0.25) is 5.91 Å². The molecule has 2 aliphatic heterocycles. The first-order valence-electron chi connectivity index (χ1n) is 12.2. The summed E-state index contributed by atoms with van der Waals surface area (Å²) in [6.45, 7) is 7.15. The number of thiophene rings is 1. The number of carbonyl (C=O) groups excluding carboxylic acids is 1. The van der Waals surface area contributed by atoms with E-state index in [0.717, 1.165) is 76.8 Å². The minimum atomic E-state index is -0.188. The molecule has 1 aromatic heterocycles. The van der Waals surface area contributed by atoms with Gasteiger partial charge in [0, 0.05) is 37.5 Å². The maximum absolute atomic E-state index is 13.6. The van der Waals surface area contributed by atoms with E-state index in [0.29, 0.717) is 12.3 Å². The predicted octanol–water partition coefficient (Wildman–Crippen LogP) is 6.98. The molecule has 2 saturated heterocycles. The molecular weight excluding hydrogens is 490 g/mol. The molecule has 0 saturated carbocycles. The maximum Gasteiger partial charge on any atom is 0.222 e. The molecule has 2 aliphatic rings. The smallest absolute Gasteiger partial charge is 0.222 e. The lowest BCUT2D eigenvalue weighted by atomic mass is 9.91. The highest BCUT2D eigenvalue weighted by Crippen LogP contribution is 2.36. The number of nitrogens with zero attached hydrogens (tertiary/aromatic N) is 2. The minimum absolute atomic E-state index is 0. The average molecular weight is 528 g/mol. The van der Waals surface area contributed by atoms with E-state index in [-0.39, 0.29) is 30.6 Å². The van der Waals surface area contributed by atoms with Crippen LogP contribution in [0.5, 0.6) is 0 Å². The Morgan fingerprint density at radius 2 is 1.68 bits per heavy atom. The van der Waals surface area contributed by atoms with E-state index in [1.165, 1.54) is 28.0 Å². The molecule has 2 fully saturated rings. The van der Waals surface area contributed by atoms with E-state index >= 15 is 0 Å². The minimum Gasteiger partial charge on any atom is -0.343 e. The summed E-state index contributed by atoms with van der Waals surface area (Å²) in [6.07, 6.45) is 8.31. The van der Waals surface area contributed by atoms with Crippen LogP contribution in [0.15, 0.2) is 41.3 Å². The molecule has 3 nitrogen and oxygen atoms in total. The van der Waals surface area contributed by atoms with Crippen molar-refractivity contribution in [2.24, 2.45) is 0 Å². The van der Waals surface area contributed by atoms with Crippen molar-refractivity contribution in [2.45, 2.75) is 58.3 Å². The molecule has 0 spiro atoms. The standard InChI is InChI=1S/C27H35FN2OS.2ClH/c1-2-21-19-25(32-20-21)27(22-8-10-24(28)11-9-22)23-12-17-29(18-13-23)14-6-7-26(31)30-15-4-3-5-16-30;;/h8-11,19-20H,2-7,12-18H2,1H3;2*1H. The fourth-order valence-corrected chi connectivity index (χ4v) is 5.99. The summed E-state index contributed by atoms with van der Waals surface area (Å²) in [7, 11) is 0. The van der Waals surface area contributed by atoms with E-state index in [9.17, 15) is 9.18 Å². The van der Waals surface area contributed by atoms with Gasteiger partial charge in [-0.3, -0.25) is 4.79 Å². The molecule has 0 unspecified atom stereocenters. The van der Waals surface area contributed by atoms with Crippen LogP contribution in [0.1, 0.15) is 67.9 Å². The Morgan fingerprint density at radius 3 is 2.29 bits per heavy atom. The fraction of sp³-hybridized carbons (Fsp3) is 0.519. The summed E-state index contributed by atoms with van der Waals surface area (Å²) in [4.78, 5) is 18.3. The van der Waals surface area contributed by atoms with Gasteiger partial charge in [0.25, 0.3) is 0 Å². The molecule has 0 aliphatic carbocycles. The van der Waals surface area contributed by atoms with Crippen LogP contribution in [-0.2, 0) is 11.2 Å². The Hall–Kier alpha value is -1.40. The molecule has 2 aromatic rings. The fourth-order valence-electron chi connectivity index (χ4n) is 4.88. The lowest BCUT2D eigenvalue weighted by Crippen LogP contribution is -2.36. The second-order valence-corrected chi connectivity index (χ2v) is 9.96. The Balaban J connectivity index is 0.00000204. The number of hydrogen-bond acceptors (Lipinski definition) is 3. The normalized spacial score (nSPS) is 16.5. The van der Waals surface area contributed by atoms with Gasteiger partial charge in [0.1, 0.15) is 5.82 Å². The number of benzene rings is 1. The summed E-state index contributed by atoms with van der Waals surface area (Å²) < 4.78 is 13.6. The van der Waals surface area contributed by atoms with E-state index < -0.39 is 0 Å². The van der Waals surface area contributed by atoms with Crippen LogP contribution in [0.4, 0.5) is 4.39 Å². The first kappa shape index (κ1) is 28.8. The number of amides is 1. The molecule has 0 radical (unpaired) electrons. The van der Waals surface area contributed by atoms with E-state index in [1.807, 2.05) is 12.1 Å². The number of hydrogen-bond donors (Lipinski definition) is 0. The van der Waals surface area contributed by atoms with E-state index in [2.05, 4.69) is 28.2 Å². The van der Waals surface area contributed by atoms with Crippen LogP contribution in [0, 0.1) is 5.82 Å². The zero-order chi connectivity index (χ0) is 22.3. The molecule has 188 valence electrons. The second-order valence-electron chi connectivity index (χ2n) is 9.04. The van der Waals surface area contributed by atoms with Crippen molar-refractivity contribution in [1.29, 1.82) is 0 Å². The zero-order valence-electron chi connectivity index (χ0n) is 20.1. The van der Waals surface area contributed by atoms with Gasteiger partial charge in [-0.05, 0) is 91.8 Å².